The summed E-state index contributed by atoms with van der Waals surface area (Å²) in [7, 11) is 0. The molecule has 3 nitrogen and oxygen atoms in total. The van der Waals surface area contributed by atoms with Gasteiger partial charge in [0.1, 0.15) is 12.4 Å². The minimum absolute atomic E-state index is 0.0913. The van der Waals surface area contributed by atoms with E-state index in [-0.39, 0.29) is 6.61 Å². The van der Waals surface area contributed by atoms with Crippen molar-refractivity contribution in [2.24, 2.45) is 0 Å². The number of aliphatic hydroxyl groups excluding tert-OH is 1. The molecule has 0 aliphatic rings. The predicted molar refractivity (Wildman–Crippen MR) is 68.6 cm³/mol. The van der Waals surface area contributed by atoms with Gasteiger partial charge in [0.25, 0.3) is 0 Å². The number of rotatable bonds is 4. The number of para-hydroxylation sites is 1. The van der Waals surface area contributed by atoms with Gasteiger partial charge in [0.15, 0.2) is 0 Å². The molecule has 0 unspecified atom stereocenters. The minimum Gasteiger partial charge on any atom is -0.485 e. The monoisotopic (exact) mass is 269 g/mol. The van der Waals surface area contributed by atoms with E-state index in [1.54, 1.807) is 29.5 Å². The molecule has 2 rings (SSSR count). The number of hydrogen-bond donors (Lipinski definition) is 1. The van der Waals surface area contributed by atoms with Crippen molar-refractivity contribution in [1.29, 1.82) is 0 Å². The van der Waals surface area contributed by atoms with Crippen molar-refractivity contribution >= 4 is 22.9 Å². The Balaban J connectivity index is 2.13. The van der Waals surface area contributed by atoms with Crippen molar-refractivity contribution in [2.45, 2.75) is 20.1 Å². The fourth-order valence-electron chi connectivity index (χ4n) is 1.46. The molecule has 0 spiro atoms. The first-order valence-electron chi connectivity index (χ1n) is 5.12. The molecule has 2 aromatic rings. The lowest BCUT2D eigenvalue weighted by molar-refractivity contribution is 0.258. The van der Waals surface area contributed by atoms with Gasteiger partial charge in [-0.05, 0) is 13.0 Å². The number of thiazole rings is 1. The second kappa shape index (κ2) is 5.49. The Bertz CT molecular complexity index is 513. The number of halogens is 1. The van der Waals surface area contributed by atoms with Crippen LogP contribution in [-0.4, -0.2) is 10.1 Å². The molecule has 0 bridgehead atoms. The van der Waals surface area contributed by atoms with E-state index in [1.165, 1.54) is 0 Å². The predicted octanol–water partition coefficient (Wildman–Crippen LogP) is 3.18. The first kappa shape index (κ1) is 12.4. The van der Waals surface area contributed by atoms with Crippen molar-refractivity contribution in [1.82, 2.24) is 4.98 Å². The molecule has 0 fully saturated rings. The highest BCUT2D eigenvalue weighted by molar-refractivity contribution is 7.09. The molecule has 0 saturated heterocycles. The largest absolute Gasteiger partial charge is 0.485 e. The van der Waals surface area contributed by atoms with Crippen LogP contribution in [0.4, 0.5) is 0 Å². The lowest BCUT2D eigenvalue weighted by Gasteiger charge is -2.10. The summed E-state index contributed by atoms with van der Waals surface area (Å²) in [6, 6.07) is 5.31. The fourth-order valence-corrected chi connectivity index (χ4v) is 2.31. The molecule has 0 saturated carbocycles. The van der Waals surface area contributed by atoms with Crippen molar-refractivity contribution < 1.29 is 9.84 Å². The lowest BCUT2D eigenvalue weighted by atomic mass is 10.2. The maximum absolute atomic E-state index is 9.19. The average Bonchev–Trinajstić information content (AvgIpc) is 2.73. The Hall–Kier alpha value is -1.10. The molecule has 0 amide bonds. The SMILES string of the molecule is Cc1nc(COc2c(Cl)cccc2CO)cs1. The first-order valence-corrected chi connectivity index (χ1v) is 6.38. The van der Waals surface area contributed by atoms with Gasteiger partial charge in [0.2, 0.25) is 0 Å². The maximum atomic E-state index is 9.19. The normalized spacial score (nSPS) is 10.5. The smallest absolute Gasteiger partial charge is 0.143 e. The van der Waals surface area contributed by atoms with Gasteiger partial charge in [-0.15, -0.1) is 11.3 Å². The van der Waals surface area contributed by atoms with Gasteiger partial charge < -0.3 is 9.84 Å². The van der Waals surface area contributed by atoms with Gasteiger partial charge in [0.05, 0.1) is 22.3 Å². The third kappa shape index (κ3) is 2.97. The highest BCUT2D eigenvalue weighted by Gasteiger charge is 2.08. The summed E-state index contributed by atoms with van der Waals surface area (Å²) in [5, 5.41) is 12.6. The summed E-state index contributed by atoms with van der Waals surface area (Å²) in [6.07, 6.45) is 0. The van der Waals surface area contributed by atoms with Crippen LogP contribution in [0.25, 0.3) is 0 Å². The van der Waals surface area contributed by atoms with Crippen molar-refractivity contribution in [3.8, 4) is 5.75 Å². The maximum Gasteiger partial charge on any atom is 0.143 e. The van der Waals surface area contributed by atoms with Gasteiger partial charge in [-0.25, -0.2) is 4.98 Å². The quantitative estimate of drug-likeness (QED) is 0.927. The molecular weight excluding hydrogens is 258 g/mol. The van der Waals surface area contributed by atoms with E-state index >= 15 is 0 Å². The van der Waals surface area contributed by atoms with Crippen molar-refractivity contribution in [3.63, 3.8) is 0 Å². The Morgan fingerprint density at radius 3 is 2.94 bits per heavy atom. The Kier molecular flexibility index (Phi) is 3.99. The highest BCUT2D eigenvalue weighted by Crippen LogP contribution is 2.29. The molecular formula is C12H12ClNO2S. The summed E-state index contributed by atoms with van der Waals surface area (Å²) >= 11 is 7.61. The van der Waals surface area contributed by atoms with Crippen LogP contribution in [0, 0.1) is 6.92 Å². The highest BCUT2D eigenvalue weighted by atomic mass is 35.5. The Labute approximate surface area is 109 Å². The average molecular weight is 270 g/mol. The third-order valence-electron chi connectivity index (χ3n) is 2.25. The van der Waals surface area contributed by atoms with Crippen LogP contribution in [-0.2, 0) is 13.2 Å². The van der Waals surface area contributed by atoms with Gasteiger partial charge in [-0.2, -0.15) is 0 Å². The van der Waals surface area contributed by atoms with E-state index in [0.717, 1.165) is 10.7 Å². The number of hydrogen-bond acceptors (Lipinski definition) is 4. The number of benzene rings is 1. The second-order valence-corrected chi connectivity index (χ2v) is 5.00. The van der Waals surface area contributed by atoms with Gasteiger partial charge >= 0.3 is 0 Å². The Morgan fingerprint density at radius 1 is 1.47 bits per heavy atom. The number of ether oxygens (including phenoxy) is 1. The first-order chi connectivity index (χ1) is 8.20. The number of aliphatic hydroxyl groups is 1. The topological polar surface area (TPSA) is 42.4 Å². The van der Waals surface area contributed by atoms with E-state index in [9.17, 15) is 5.11 Å². The summed E-state index contributed by atoms with van der Waals surface area (Å²) in [4.78, 5) is 4.30. The molecule has 0 radical (unpaired) electrons. The van der Waals surface area contributed by atoms with Gasteiger partial charge in [-0.3, -0.25) is 0 Å². The molecule has 1 N–H and O–H groups in total. The van der Waals surface area contributed by atoms with E-state index in [1.807, 2.05) is 12.3 Å². The zero-order chi connectivity index (χ0) is 12.3. The molecule has 0 atom stereocenters. The standard InChI is InChI=1S/C12H12ClNO2S/c1-8-14-10(7-17-8)6-16-12-9(5-15)3-2-4-11(12)13/h2-4,7,15H,5-6H2,1H3. The third-order valence-corrected chi connectivity index (χ3v) is 3.37. The second-order valence-electron chi connectivity index (χ2n) is 3.53. The van der Waals surface area contributed by atoms with E-state index in [0.29, 0.717) is 22.9 Å². The zero-order valence-corrected chi connectivity index (χ0v) is 10.9. The van der Waals surface area contributed by atoms with E-state index < -0.39 is 0 Å². The summed E-state index contributed by atoms with van der Waals surface area (Å²) in [5.74, 6) is 0.530. The van der Waals surface area contributed by atoms with Crippen LogP contribution < -0.4 is 4.74 Å². The molecule has 0 aliphatic heterocycles. The van der Waals surface area contributed by atoms with Crippen molar-refractivity contribution in [2.75, 3.05) is 0 Å². The minimum atomic E-state index is -0.0913. The Morgan fingerprint density at radius 2 is 2.29 bits per heavy atom. The number of nitrogens with zero attached hydrogens (tertiary/aromatic N) is 1. The number of aryl methyl sites for hydroxylation is 1. The fraction of sp³-hybridized carbons (Fsp3) is 0.250. The molecule has 17 heavy (non-hydrogen) atoms. The molecule has 90 valence electrons. The molecule has 5 heteroatoms. The molecule has 1 aromatic carbocycles. The molecule has 1 heterocycles. The van der Waals surface area contributed by atoms with Crippen LogP contribution in [0.3, 0.4) is 0 Å². The number of aromatic nitrogens is 1. The summed E-state index contributed by atoms with van der Waals surface area (Å²) in [6.45, 7) is 2.22. The zero-order valence-electron chi connectivity index (χ0n) is 9.31. The molecule has 1 aromatic heterocycles. The van der Waals surface area contributed by atoms with Gasteiger partial charge in [0, 0.05) is 10.9 Å². The van der Waals surface area contributed by atoms with Crippen LogP contribution in [0.15, 0.2) is 23.6 Å². The molecule has 0 aliphatic carbocycles. The van der Waals surface area contributed by atoms with Crippen LogP contribution in [0.2, 0.25) is 5.02 Å². The van der Waals surface area contributed by atoms with Crippen LogP contribution in [0.1, 0.15) is 16.3 Å². The lowest BCUT2D eigenvalue weighted by Crippen LogP contribution is -1.99. The van der Waals surface area contributed by atoms with Crippen molar-refractivity contribution in [3.05, 3.63) is 44.9 Å². The van der Waals surface area contributed by atoms with E-state index in [2.05, 4.69) is 4.98 Å². The van der Waals surface area contributed by atoms with Gasteiger partial charge in [-0.1, -0.05) is 23.7 Å². The summed E-state index contributed by atoms with van der Waals surface area (Å²) < 4.78 is 5.61. The van der Waals surface area contributed by atoms with Crippen LogP contribution >= 0.6 is 22.9 Å². The summed E-state index contributed by atoms with van der Waals surface area (Å²) in [5.41, 5.74) is 1.56. The van der Waals surface area contributed by atoms with E-state index in [4.69, 9.17) is 16.3 Å². The van der Waals surface area contributed by atoms with Crippen LogP contribution in [0.5, 0.6) is 5.75 Å².